The average molecular weight is 167 g/mol. The van der Waals surface area contributed by atoms with Gasteiger partial charge in [-0.3, -0.25) is 4.90 Å². The van der Waals surface area contributed by atoms with E-state index < -0.39 is 0 Å². The molecule has 1 heterocycles. The highest BCUT2D eigenvalue weighted by molar-refractivity contribution is 4.92. The second-order valence-electron chi connectivity index (χ2n) is 3.68. The third kappa shape index (κ3) is 1.96. The SMILES string of the molecule is CC(C#N)N(C)C1CCN(C)C1. The molecule has 1 aliphatic heterocycles. The average Bonchev–Trinajstić information content (AvgIpc) is 2.49. The zero-order chi connectivity index (χ0) is 9.14. The van der Waals surface area contributed by atoms with Crippen molar-refractivity contribution < 1.29 is 0 Å². The minimum absolute atomic E-state index is 0.0431. The maximum atomic E-state index is 8.73. The Kier molecular flexibility index (Phi) is 3.07. The van der Waals surface area contributed by atoms with Gasteiger partial charge in [0.15, 0.2) is 0 Å². The van der Waals surface area contributed by atoms with Crippen molar-refractivity contribution in [2.45, 2.75) is 25.4 Å². The minimum atomic E-state index is 0.0431. The van der Waals surface area contributed by atoms with Gasteiger partial charge in [-0.2, -0.15) is 5.26 Å². The largest absolute Gasteiger partial charge is 0.305 e. The third-order valence-corrected chi connectivity index (χ3v) is 2.74. The van der Waals surface area contributed by atoms with Gasteiger partial charge in [0.05, 0.1) is 12.1 Å². The fourth-order valence-electron chi connectivity index (χ4n) is 1.65. The zero-order valence-electron chi connectivity index (χ0n) is 8.12. The molecular formula is C9H17N3. The number of hydrogen-bond donors (Lipinski definition) is 0. The van der Waals surface area contributed by atoms with E-state index in [9.17, 15) is 0 Å². The Labute approximate surface area is 74.6 Å². The first-order valence-corrected chi connectivity index (χ1v) is 4.45. The molecule has 0 bridgehead atoms. The normalized spacial score (nSPS) is 27.4. The van der Waals surface area contributed by atoms with Gasteiger partial charge in [-0.05, 0) is 34.0 Å². The quantitative estimate of drug-likeness (QED) is 0.601. The lowest BCUT2D eigenvalue weighted by Gasteiger charge is -2.25. The van der Waals surface area contributed by atoms with Crippen LogP contribution >= 0.6 is 0 Å². The summed E-state index contributed by atoms with van der Waals surface area (Å²) in [6, 6.07) is 2.88. The Balaban J connectivity index is 2.44. The molecule has 0 radical (unpaired) electrons. The fraction of sp³-hybridized carbons (Fsp3) is 0.889. The molecule has 0 amide bonds. The summed E-state index contributed by atoms with van der Waals surface area (Å²) in [5.74, 6) is 0. The second-order valence-corrected chi connectivity index (χ2v) is 3.68. The summed E-state index contributed by atoms with van der Waals surface area (Å²) in [6.45, 7) is 4.22. The van der Waals surface area contributed by atoms with E-state index in [1.54, 1.807) is 0 Å². The van der Waals surface area contributed by atoms with Crippen molar-refractivity contribution in [3.63, 3.8) is 0 Å². The van der Waals surface area contributed by atoms with Crippen molar-refractivity contribution in [2.75, 3.05) is 27.2 Å². The molecule has 2 unspecified atom stereocenters. The van der Waals surface area contributed by atoms with Crippen LogP contribution in [0.15, 0.2) is 0 Å². The van der Waals surface area contributed by atoms with E-state index >= 15 is 0 Å². The summed E-state index contributed by atoms with van der Waals surface area (Å²) in [5.41, 5.74) is 0. The van der Waals surface area contributed by atoms with Gasteiger partial charge in [-0.25, -0.2) is 0 Å². The highest BCUT2D eigenvalue weighted by Gasteiger charge is 2.25. The van der Waals surface area contributed by atoms with Gasteiger partial charge in [0.1, 0.15) is 0 Å². The van der Waals surface area contributed by atoms with Gasteiger partial charge in [-0.1, -0.05) is 0 Å². The van der Waals surface area contributed by atoms with Crippen molar-refractivity contribution in [3.05, 3.63) is 0 Å². The van der Waals surface area contributed by atoms with E-state index in [2.05, 4.69) is 22.9 Å². The highest BCUT2D eigenvalue weighted by atomic mass is 15.2. The fourth-order valence-corrected chi connectivity index (χ4v) is 1.65. The number of nitrogens with zero attached hydrogens (tertiary/aromatic N) is 3. The molecule has 1 fully saturated rings. The van der Waals surface area contributed by atoms with Crippen LogP contribution in [0.4, 0.5) is 0 Å². The molecule has 1 saturated heterocycles. The zero-order valence-corrected chi connectivity index (χ0v) is 8.12. The maximum Gasteiger partial charge on any atom is 0.0949 e. The lowest BCUT2D eigenvalue weighted by molar-refractivity contribution is 0.218. The Hall–Kier alpha value is -0.590. The Morgan fingerprint density at radius 1 is 1.67 bits per heavy atom. The third-order valence-electron chi connectivity index (χ3n) is 2.74. The number of rotatable bonds is 2. The summed E-state index contributed by atoms with van der Waals surface area (Å²) in [6.07, 6.45) is 1.19. The van der Waals surface area contributed by atoms with Crippen molar-refractivity contribution in [3.8, 4) is 6.07 Å². The molecule has 0 aromatic rings. The number of nitriles is 1. The van der Waals surface area contributed by atoms with Crippen LogP contribution in [0, 0.1) is 11.3 Å². The molecule has 0 N–H and O–H groups in total. The number of likely N-dealkylation sites (tertiary alicyclic amines) is 1. The summed E-state index contributed by atoms with van der Waals surface area (Å²) < 4.78 is 0. The first-order valence-electron chi connectivity index (χ1n) is 4.45. The predicted molar refractivity (Wildman–Crippen MR) is 48.7 cm³/mol. The van der Waals surface area contributed by atoms with Crippen LogP contribution in [0.1, 0.15) is 13.3 Å². The van der Waals surface area contributed by atoms with Gasteiger partial charge < -0.3 is 4.90 Å². The van der Waals surface area contributed by atoms with Crippen LogP contribution in [0.2, 0.25) is 0 Å². The molecule has 0 spiro atoms. The van der Waals surface area contributed by atoms with Crippen LogP contribution in [0.5, 0.6) is 0 Å². The Morgan fingerprint density at radius 2 is 2.33 bits per heavy atom. The smallest absolute Gasteiger partial charge is 0.0949 e. The first kappa shape index (κ1) is 9.50. The molecule has 1 rings (SSSR count). The van der Waals surface area contributed by atoms with Gasteiger partial charge in [0.25, 0.3) is 0 Å². The molecule has 12 heavy (non-hydrogen) atoms. The summed E-state index contributed by atoms with van der Waals surface area (Å²) in [7, 11) is 4.17. The number of hydrogen-bond acceptors (Lipinski definition) is 3. The van der Waals surface area contributed by atoms with Crippen LogP contribution in [-0.4, -0.2) is 49.1 Å². The van der Waals surface area contributed by atoms with E-state index in [4.69, 9.17) is 5.26 Å². The standard InChI is InChI=1S/C9H17N3/c1-8(6-10)12(3)9-4-5-11(2)7-9/h8-9H,4-5,7H2,1-3H3. The van der Waals surface area contributed by atoms with Crippen molar-refractivity contribution in [2.24, 2.45) is 0 Å². The molecule has 1 aliphatic rings. The molecule has 0 aromatic carbocycles. The van der Waals surface area contributed by atoms with Crippen molar-refractivity contribution in [1.29, 1.82) is 5.26 Å². The van der Waals surface area contributed by atoms with Crippen LogP contribution in [0.25, 0.3) is 0 Å². The van der Waals surface area contributed by atoms with Gasteiger partial charge in [0.2, 0.25) is 0 Å². The molecule has 2 atom stereocenters. The lowest BCUT2D eigenvalue weighted by Crippen LogP contribution is -2.39. The summed E-state index contributed by atoms with van der Waals surface area (Å²) in [4.78, 5) is 4.48. The van der Waals surface area contributed by atoms with Crippen LogP contribution in [-0.2, 0) is 0 Å². The van der Waals surface area contributed by atoms with E-state index in [1.807, 2.05) is 14.0 Å². The molecule has 68 valence electrons. The van der Waals surface area contributed by atoms with Crippen molar-refractivity contribution >= 4 is 0 Å². The number of likely N-dealkylation sites (N-methyl/N-ethyl adjacent to an activating group) is 2. The van der Waals surface area contributed by atoms with E-state index in [-0.39, 0.29) is 6.04 Å². The first-order chi connectivity index (χ1) is 5.65. The molecule has 3 heteroatoms. The van der Waals surface area contributed by atoms with Gasteiger partial charge in [0, 0.05) is 12.6 Å². The molecule has 0 saturated carbocycles. The lowest BCUT2D eigenvalue weighted by atomic mass is 10.2. The highest BCUT2D eigenvalue weighted by Crippen LogP contribution is 2.14. The second kappa shape index (κ2) is 3.88. The summed E-state index contributed by atoms with van der Waals surface area (Å²) in [5, 5.41) is 8.73. The Morgan fingerprint density at radius 3 is 2.75 bits per heavy atom. The molecule has 0 aromatic heterocycles. The van der Waals surface area contributed by atoms with E-state index in [0.717, 1.165) is 13.1 Å². The molecular weight excluding hydrogens is 150 g/mol. The van der Waals surface area contributed by atoms with Gasteiger partial charge >= 0.3 is 0 Å². The predicted octanol–water partition coefficient (Wildman–Crippen LogP) is 0.534. The van der Waals surface area contributed by atoms with E-state index in [0.29, 0.717) is 6.04 Å². The monoisotopic (exact) mass is 167 g/mol. The maximum absolute atomic E-state index is 8.73. The Bertz CT molecular complexity index is 185. The summed E-state index contributed by atoms with van der Waals surface area (Å²) >= 11 is 0. The topological polar surface area (TPSA) is 30.3 Å². The molecule has 0 aliphatic carbocycles. The van der Waals surface area contributed by atoms with Crippen LogP contribution < -0.4 is 0 Å². The van der Waals surface area contributed by atoms with Crippen molar-refractivity contribution in [1.82, 2.24) is 9.80 Å². The minimum Gasteiger partial charge on any atom is -0.305 e. The molecule has 3 nitrogen and oxygen atoms in total. The van der Waals surface area contributed by atoms with E-state index in [1.165, 1.54) is 6.42 Å². The van der Waals surface area contributed by atoms with Crippen LogP contribution in [0.3, 0.4) is 0 Å². The van der Waals surface area contributed by atoms with Gasteiger partial charge in [-0.15, -0.1) is 0 Å².